The summed E-state index contributed by atoms with van der Waals surface area (Å²) < 4.78 is 39.1. The van der Waals surface area contributed by atoms with Gasteiger partial charge in [-0.1, -0.05) is 6.07 Å². The maximum Gasteiger partial charge on any atom is 0.251 e. The fourth-order valence-electron chi connectivity index (χ4n) is 2.74. The lowest BCUT2D eigenvalue weighted by molar-refractivity contribution is -0.116. The molecule has 2 aromatic carbocycles. The number of aryl methyl sites for hydroxylation is 1. The van der Waals surface area contributed by atoms with Crippen LogP contribution in [0.15, 0.2) is 47.4 Å². The number of anilines is 1. The molecule has 7 nitrogen and oxygen atoms in total. The smallest absolute Gasteiger partial charge is 0.251 e. The van der Waals surface area contributed by atoms with Gasteiger partial charge in [-0.2, -0.15) is 0 Å². The summed E-state index contributed by atoms with van der Waals surface area (Å²) in [6.45, 7) is 4.27. The Morgan fingerprint density at radius 3 is 2.40 bits per heavy atom. The summed E-state index contributed by atoms with van der Waals surface area (Å²) in [6, 6.07) is 9.64. The van der Waals surface area contributed by atoms with Gasteiger partial charge in [-0.15, -0.1) is 0 Å². The van der Waals surface area contributed by atoms with E-state index in [1.807, 2.05) is 13.8 Å². The van der Waals surface area contributed by atoms with Crippen LogP contribution in [0, 0.1) is 12.7 Å². The summed E-state index contributed by atoms with van der Waals surface area (Å²) in [7, 11) is -2.34. The second kappa shape index (κ2) is 10.3. The van der Waals surface area contributed by atoms with E-state index in [0.717, 1.165) is 22.0 Å². The number of hydrogen-bond donors (Lipinski definition) is 2. The fourth-order valence-corrected chi connectivity index (χ4v) is 3.95. The third-order valence-corrected chi connectivity index (χ3v) is 6.38. The summed E-state index contributed by atoms with van der Waals surface area (Å²) in [6.07, 6.45) is 0.409. The molecule has 9 heteroatoms. The van der Waals surface area contributed by atoms with Crippen molar-refractivity contribution in [3.8, 4) is 0 Å². The molecule has 0 radical (unpaired) electrons. The largest absolute Gasteiger partial charge is 0.352 e. The summed E-state index contributed by atoms with van der Waals surface area (Å²) in [5, 5.41) is 5.47. The van der Waals surface area contributed by atoms with Gasteiger partial charge in [-0.3, -0.25) is 9.59 Å². The highest BCUT2D eigenvalue weighted by molar-refractivity contribution is 7.89. The number of nitrogens with one attached hydrogen (secondary N) is 2. The molecule has 162 valence electrons. The van der Waals surface area contributed by atoms with Crippen molar-refractivity contribution < 1.29 is 22.4 Å². The van der Waals surface area contributed by atoms with Gasteiger partial charge < -0.3 is 10.6 Å². The molecular weight excluding hydrogens is 409 g/mol. The highest BCUT2D eigenvalue weighted by Gasteiger charge is 2.20. The number of sulfonamides is 1. The topological polar surface area (TPSA) is 95.6 Å². The van der Waals surface area contributed by atoms with E-state index in [4.69, 9.17) is 0 Å². The molecule has 2 aromatic rings. The molecule has 0 fully saturated rings. The first-order chi connectivity index (χ1) is 14.1. The molecule has 0 bridgehead atoms. The van der Waals surface area contributed by atoms with E-state index in [9.17, 15) is 22.4 Å². The van der Waals surface area contributed by atoms with Gasteiger partial charge in [0.05, 0.1) is 4.90 Å². The summed E-state index contributed by atoms with van der Waals surface area (Å²) in [5.41, 5.74) is 1.80. The third kappa shape index (κ3) is 6.11. The third-order valence-electron chi connectivity index (χ3n) is 4.51. The molecule has 0 spiro atoms. The van der Waals surface area contributed by atoms with Gasteiger partial charge in [-0.05, 0) is 62.2 Å². The molecular formula is C21H26FN3O4S. The van der Waals surface area contributed by atoms with Crippen molar-refractivity contribution in [3.05, 3.63) is 59.4 Å². The second-order valence-corrected chi connectivity index (χ2v) is 8.87. The Hall–Kier alpha value is -2.78. The van der Waals surface area contributed by atoms with E-state index in [0.29, 0.717) is 24.2 Å². The first-order valence-corrected chi connectivity index (χ1v) is 11.0. The highest BCUT2D eigenvalue weighted by Crippen LogP contribution is 2.18. The van der Waals surface area contributed by atoms with Crippen LogP contribution < -0.4 is 10.6 Å². The Bertz CT molecular complexity index is 1010. The molecule has 0 atom stereocenters. The second-order valence-electron chi connectivity index (χ2n) is 6.82. The molecule has 30 heavy (non-hydrogen) atoms. The van der Waals surface area contributed by atoms with Crippen molar-refractivity contribution in [1.29, 1.82) is 0 Å². The SMILES string of the molecule is CCNC(=O)c1ccc(C)c(NC(=O)CCCN(C)S(=O)(=O)c2ccc(F)cc2)c1. The van der Waals surface area contributed by atoms with Gasteiger partial charge in [0.2, 0.25) is 15.9 Å². The number of nitrogens with zero attached hydrogens (tertiary/aromatic N) is 1. The molecule has 2 N–H and O–H groups in total. The normalized spacial score (nSPS) is 11.4. The lowest BCUT2D eigenvalue weighted by atomic mass is 10.1. The average Bonchev–Trinajstić information content (AvgIpc) is 2.70. The van der Waals surface area contributed by atoms with Crippen LogP contribution in [0.25, 0.3) is 0 Å². The minimum absolute atomic E-state index is 0.00588. The molecule has 0 aliphatic rings. The van der Waals surface area contributed by atoms with E-state index >= 15 is 0 Å². The molecule has 2 rings (SSSR count). The number of benzene rings is 2. The molecule has 0 aromatic heterocycles. The van der Waals surface area contributed by atoms with Crippen LogP contribution in [-0.4, -0.2) is 44.7 Å². The van der Waals surface area contributed by atoms with Crippen LogP contribution in [0.3, 0.4) is 0 Å². The van der Waals surface area contributed by atoms with E-state index in [-0.39, 0.29) is 29.7 Å². The van der Waals surface area contributed by atoms with Crippen LogP contribution in [0.1, 0.15) is 35.7 Å². The lowest BCUT2D eigenvalue weighted by Gasteiger charge is -2.17. The number of carbonyl (C=O) groups excluding carboxylic acids is 2. The van der Waals surface area contributed by atoms with E-state index < -0.39 is 15.8 Å². The zero-order valence-corrected chi connectivity index (χ0v) is 18.1. The van der Waals surface area contributed by atoms with E-state index in [1.165, 1.54) is 19.2 Å². The maximum atomic E-state index is 13.0. The zero-order chi connectivity index (χ0) is 22.3. The number of carbonyl (C=O) groups is 2. The number of hydrogen-bond acceptors (Lipinski definition) is 4. The van der Waals surface area contributed by atoms with Crippen LogP contribution in [0.4, 0.5) is 10.1 Å². The van der Waals surface area contributed by atoms with Crippen molar-refractivity contribution in [3.63, 3.8) is 0 Å². The van der Waals surface area contributed by atoms with E-state index in [2.05, 4.69) is 10.6 Å². The zero-order valence-electron chi connectivity index (χ0n) is 17.2. The molecule has 0 heterocycles. The molecule has 0 saturated carbocycles. The van der Waals surface area contributed by atoms with Gasteiger partial charge in [0.15, 0.2) is 0 Å². The number of halogens is 1. The quantitative estimate of drug-likeness (QED) is 0.633. The van der Waals surface area contributed by atoms with Crippen LogP contribution in [0.2, 0.25) is 0 Å². The first-order valence-electron chi connectivity index (χ1n) is 9.55. The Kier molecular flexibility index (Phi) is 8.08. The monoisotopic (exact) mass is 435 g/mol. The van der Waals surface area contributed by atoms with Gasteiger partial charge in [0, 0.05) is 37.8 Å². The van der Waals surface area contributed by atoms with Crippen molar-refractivity contribution in [2.24, 2.45) is 0 Å². The summed E-state index contributed by atoms with van der Waals surface area (Å²) in [5.74, 6) is -1.01. The van der Waals surface area contributed by atoms with Gasteiger partial charge in [0.25, 0.3) is 5.91 Å². The Labute approximate surface area is 176 Å². The molecule has 2 amide bonds. The van der Waals surface area contributed by atoms with Crippen LogP contribution in [-0.2, 0) is 14.8 Å². The van der Waals surface area contributed by atoms with Crippen molar-refractivity contribution in [2.45, 2.75) is 31.6 Å². The number of rotatable bonds is 9. The van der Waals surface area contributed by atoms with Gasteiger partial charge >= 0.3 is 0 Å². The maximum absolute atomic E-state index is 13.0. The summed E-state index contributed by atoms with van der Waals surface area (Å²) in [4.78, 5) is 24.2. The minimum atomic E-state index is -3.75. The Balaban J connectivity index is 1.92. The van der Waals surface area contributed by atoms with Crippen molar-refractivity contribution in [1.82, 2.24) is 9.62 Å². The number of amides is 2. The Morgan fingerprint density at radius 2 is 1.77 bits per heavy atom. The lowest BCUT2D eigenvalue weighted by Crippen LogP contribution is -2.28. The van der Waals surface area contributed by atoms with Crippen molar-refractivity contribution in [2.75, 3.05) is 25.5 Å². The fraction of sp³-hybridized carbons (Fsp3) is 0.333. The summed E-state index contributed by atoms with van der Waals surface area (Å²) >= 11 is 0. The van der Waals surface area contributed by atoms with Gasteiger partial charge in [0.1, 0.15) is 5.82 Å². The standard InChI is InChI=1S/C21H26FN3O4S/c1-4-23-21(27)16-8-7-15(2)19(14-16)24-20(26)6-5-13-25(3)30(28,29)18-11-9-17(22)10-12-18/h7-12,14H,4-6,13H2,1-3H3,(H,23,27)(H,24,26). The molecule has 0 aliphatic heterocycles. The van der Waals surface area contributed by atoms with E-state index in [1.54, 1.807) is 18.2 Å². The van der Waals surface area contributed by atoms with Gasteiger partial charge in [-0.25, -0.2) is 17.1 Å². The van der Waals surface area contributed by atoms with Crippen molar-refractivity contribution >= 4 is 27.5 Å². The predicted molar refractivity (Wildman–Crippen MR) is 113 cm³/mol. The molecule has 0 saturated heterocycles. The minimum Gasteiger partial charge on any atom is -0.352 e. The highest BCUT2D eigenvalue weighted by atomic mass is 32.2. The molecule has 0 unspecified atom stereocenters. The first kappa shape index (κ1) is 23.5. The predicted octanol–water partition coefficient (Wildman–Crippen LogP) is 2.92. The van der Waals surface area contributed by atoms with Crippen LogP contribution >= 0.6 is 0 Å². The Morgan fingerprint density at radius 1 is 1.10 bits per heavy atom. The van der Waals surface area contributed by atoms with Crippen LogP contribution in [0.5, 0.6) is 0 Å². The average molecular weight is 436 g/mol. The molecule has 0 aliphatic carbocycles.